The van der Waals surface area contributed by atoms with Gasteiger partial charge in [0.1, 0.15) is 17.2 Å². The van der Waals surface area contributed by atoms with E-state index >= 15 is 0 Å². The van der Waals surface area contributed by atoms with Gasteiger partial charge in [-0.15, -0.1) is 0 Å². The molecule has 3 nitrogen and oxygen atoms in total. The quantitative estimate of drug-likeness (QED) is 0.838. The number of phenolic OH excluding ortho intramolecular Hbond substituents is 2. The predicted octanol–water partition coefficient (Wildman–Crippen LogP) is 3.96. The van der Waals surface area contributed by atoms with E-state index in [9.17, 15) is 23.4 Å². The SMILES string of the molecule is Oc1ccc(C2=Cc3ccc(O)cc3OC2C(F)(F)F)cc1. The van der Waals surface area contributed by atoms with E-state index < -0.39 is 12.3 Å². The van der Waals surface area contributed by atoms with E-state index in [1.165, 1.54) is 42.5 Å². The third-order valence-electron chi connectivity index (χ3n) is 3.33. The molecule has 0 spiro atoms. The van der Waals surface area contributed by atoms with Crippen LogP contribution in [0.5, 0.6) is 17.2 Å². The molecular formula is C16H11F3O3. The third kappa shape index (κ3) is 2.59. The number of ether oxygens (including phenoxy) is 1. The van der Waals surface area contributed by atoms with Gasteiger partial charge in [0.15, 0.2) is 0 Å². The Balaban J connectivity index is 2.13. The fraction of sp³-hybridized carbons (Fsp3) is 0.125. The van der Waals surface area contributed by atoms with Crippen molar-refractivity contribution in [2.75, 3.05) is 0 Å². The Morgan fingerprint density at radius 1 is 0.909 bits per heavy atom. The monoisotopic (exact) mass is 308 g/mol. The first-order valence-corrected chi connectivity index (χ1v) is 6.42. The van der Waals surface area contributed by atoms with E-state index in [1.54, 1.807) is 0 Å². The molecule has 2 aromatic carbocycles. The second-order valence-electron chi connectivity index (χ2n) is 4.91. The first-order valence-electron chi connectivity index (χ1n) is 6.42. The van der Waals surface area contributed by atoms with Gasteiger partial charge in [-0.3, -0.25) is 0 Å². The molecule has 0 saturated heterocycles. The molecule has 1 aliphatic heterocycles. The lowest BCUT2D eigenvalue weighted by molar-refractivity contribution is -0.177. The zero-order valence-corrected chi connectivity index (χ0v) is 11.1. The topological polar surface area (TPSA) is 49.7 Å². The standard InChI is InChI=1S/C16H11F3O3/c17-16(18,19)15-13(9-1-4-11(20)5-2-9)7-10-3-6-12(21)8-14(10)22-15/h1-8,15,20-21H. The van der Waals surface area contributed by atoms with Gasteiger partial charge in [-0.1, -0.05) is 12.1 Å². The molecule has 0 amide bonds. The van der Waals surface area contributed by atoms with Gasteiger partial charge < -0.3 is 14.9 Å². The van der Waals surface area contributed by atoms with Crippen LogP contribution >= 0.6 is 0 Å². The Kier molecular flexibility index (Phi) is 3.24. The van der Waals surface area contributed by atoms with Crippen LogP contribution in [0.15, 0.2) is 42.5 Å². The number of rotatable bonds is 1. The summed E-state index contributed by atoms with van der Waals surface area (Å²) in [5, 5.41) is 18.6. The lowest BCUT2D eigenvalue weighted by atomic mass is 9.94. The molecule has 114 valence electrons. The number of fused-ring (bicyclic) bond motifs is 1. The van der Waals surface area contributed by atoms with E-state index in [1.807, 2.05) is 0 Å². The first kappa shape index (κ1) is 14.3. The highest BCUT2D eigenvalue weighted by Gasteiger charge is 2.46. The van der Waals surface area contributed by atoms with Crippen LogP contribution in [-0.2, 0) is 0 Å². The first-order chi connectivity index (χ1) is 10.3. The second kappa shape index (κ2) is 4.98. The van der Waals surface area contributed by atoms with Gasteiger partial charge in [-0.25, -0.2) is 0 Å². The second-order valence-corrected chi connectivity index (χ2v) is 4.91. The molecule has 22 heavy (non-hydrogen) atoms. The number of benzene rings is 2. The Hall–Kier alpha value is -2.63. The van der Waals surface area contributed by atoms with Crippen LogP contribution in [0.3, 0.4) is 0 Å². The van der Waals surface area contributed by atoms with Crippen molar-refractivity contribution in [1.82, 2.24) is 0 Å². The van der Waals surface area contributed by atoms with E-state index in [-0.39, 0.29) is 22.8 Å². The molecule has 0 radical (unpaired) electrons. The average Bonchev–Trinajstić information content (AvgIpc) is 2.46. The lowest BCUT2D eigenvalue weighted by Crippen LogP contribution is -2.37. The van der Waals surface area contributed by atoms with Crippen molar-refractivity contribution in [3.63, 3.8) is 0 Å². The van der Waals surface area contributed by atoms with E-state index in [2.05, 4.69) is 0 Å². The van der Waals surface area contributed by atoms with Crippen LogP contribution in [0.4, 0.5) is 13.2 Å². The van der Waals surface area contributed by atoms with Gasteiger partial charge in [0.05, 0.1) is 0 Å². The molecule has 0 aromatic heterocycles. The van der Waals surface area contributed by atoms with Crippen molar-refractivity contribution in [1.29, 1.82) is 0 Å². The minimum absolute atomic E-state index is 0.0233. The number of halogens is 3. The van der Waals surface area contributed by atoms with Crippen LogP contribution in [0.1, 0.15) is 11.1 Å². The molecule has 1 aliphatic rings. The maximum atomic E-state index is 13.3. The van der Waals surface area contributed by atoms with Crippen LogP contribution in [0.25, 0.3) is 11.6 Å². The van der Waals surface area contributed by atoms with Crippen molar-refractivity contribution >= 4 is 11.6 Å². The smallest absolute Gasteiger partial charge is 0.429 e. The normalized spacial score (nSPS) is 17.4. The van der Waals surface area contributed by atoms with Gasteiger partial charge >= 0.3 is 6.18 Å². The average molecular weight is 308 g/mol. The van der Waals surface area contributed by atoms with Crippen LogP contribution in [-0.4, -0.2) is 22.5 Å². The molecule has 0 aliphatic carbocycles. The van der Waals surface area contributed by atoms with Crippen LogP contribution in [0, 0.1) is 0 Å². The summed E-state index contributed by atoms with van der Waals surface area (Å²) in [4.78, 5) is 0. The Labute approximate surface area is 123 Å². The van der Waals surface area contributed by atoms with Gasteiger partial charge in [-0.2, -0.15) is 13.2 Å². The van der Waals surface area contributed by atoms with Crippen molar-refractivity contribution in [2.24, 2.45) is 0 Å². The zero-order chi connectivity index (χ0) is 15.9. The minimum Gasteiger partial charge on any atom is -0.508 e. The molecule has 0 fully saturated rings. The van der Waals surface area contributed by atoms with Crippen LogP contribution in [0.2, 0.25) is 0 Å². The molecule has 6 heteroatoms. The summed E-state index contributed by atoms with van der Waals surface area (Å²) in [6.45, 7) is 0. The highest BCUT2D eigenvalue weighted by Crippen LogP contribution is 2.42. The summed E-state index contributed by atoms with van der Waals surface area (Å²) in [7, 11) is 0. The van der Waals surface area contributed by atoms with E-state index in [4.69, 9.17) is 4.74 Å². The van der Waals surface area contributed by atoms with Gasteiger partial charge in [0.2, 0.25) is 6.10 Å². The van der Waals surface area contributed by atoms with E-state index in [0.29, 0.717) is 11.1 Å². The fourth-order valence-corrected chi connectivity index (χ4v) is 2.31. The maximum absolute atomic E-state index is 13.3. The molecule has 1 atom stereocenters. The molecule has 1 unspecified atom stereocenters. The van der Waals surface area contributed by atoms with Crippen molar-refractivity contribution in [3.8, 4) is 17.2 Å². The number of hydrogen-bond acceptors (Lipinski definition) is 3. The largest absolute Gasteiger partial charge is 0.508 e. The molecule has 3 rings (SSSR count). The summed E-state index contributed by atoms with van der Waals surface area (Å²) in [5.41, 5.74) is 0.700. The van der Waals surface area contributed by atoms with E-state index in [0.717, 1.165) is 6.07 Å². The lowest BCUT2D eigenvalue weighted by Gasteiger charge is -2.29. The summed E-state index contributed by atoms with van der Waals surface area (Å²) >= 11 is 0. The summed E-state index contributed by atoms with van der Waals surface area (Å²) in [5.74, 6) is -0.221. The zero-order valence-electron chi connectivity index (χ0n) is 11.1. The number of aromatic hydroxyl groups is 2. The molecule has 0 saturated carbocycles. The molecule has 2 aromatic rings. The summed E-state index contributed by atoms with van der Waals surface area (Å²) in [6, 6.07) is 9.44. The number of alkyl halides is 3. The third-order valence-corrected chi connectivity index (χ3v) is 3.33. The van der Waals surface area contributed by atoms with Crippen molar-refractivity contribution < 1.29 is 28.1 Å². The Morgan fingerprint density at radius 3 is 2.18 bits per heavy atom. The highest BCUT2D eigenvalue weighted by molar-refractivity contribution is 5.88. The molecule has 1 heterocycles. The Bertz CT molecular complexity index is 733. The van der Waals surface area contributed by atoms with Gasteiger partial charge in [0, 0.05) is 17.2 Å². The maximum Gasteiger partial charge on any atom is 0.429 e. The van der Waals surface area contributed by atoms with Crippen LogP contribution < -0.4 is 4.74 Å². The summed E-state index contributed by atoms with van der Waals surface area (Å²) in [6.07, 6.45) is -5.36. The fourth-order valence-electron chi connectivity index (χ4n) is 2.31. The number of hydrogen-bond donors (Lipinski definition) is 2. The molecular weight excluding hydrogens is 297 g/mol. The van der Waals surface area contributed by atoms with Crippen molar-refractivity contribution in [2.45, 2.75) is 12.3 Å². The Morgan fingerprint density at radius 2 is 1.55 bits per heavy atom. The van der Waals surface area contributed by atoms with Gasteiger partial charge in [-0.05, 0) is 35.9 Å². The number of phenols is 2. The summed E-state index contributed by atoms with van der Waals surface area (Å²) < 4.78 is 44.9. The predicted molar refractivity (Wildman–Crippen MR) is 74.6 cm³/mol. The molecule has 0 bridgehead atoms. The highest BCUT2D eigenvalue weighted by atomic mass is 19.4. The van der Waals surface area contributed by atoms with Gasteiger partial charge in [0.25, 0.3) is 0 Å². The van der Waals surface area contributed by atoms with Crippen molar-refractivity contribution in [3.05, 3.63) is 53.6 Å². The molecule has 2 N–H and O–H groups in total. The minimum atomic E-state index is -4.60.